The third kappa shape index (κ3) is 2.97. The number of rotatable bonds is 2. The van der Waals surface area contributed by atoms with Crippen molar-refractivity contribution in [2.24, 2.45) is 4.99 Å². The van der Waals surface area contributed by atoms with Gasteiger partial charge in [0.15, 0.2) is 4.80 Å². The molecule has 2 heterocycles. The standard InChI is InChI=1S/C20H11ClN2O3S/c1-2-10-23-17-14(21)7-5-9-16(17)27-20(23)22-19(25)13-11-26-15-8-4-3-6-12(15)18(13)24/h1,3-9,11H,10H2. The van der Waals surface area contributed by atoms with Gasteiger partial charge in [-0.3, -0.25) is 9.59 Å². The minimum Gasteiger partial charge on any atom is -0.463 e. The molecule has 2 aromatic heterocycles. The normalized spacial score (nSPS) is 11.8. The highest BCUT2D eigenvalue weighted by atomic mass is 35.5. The number of hydrogen-bond acceptors (Lipinski definition) is 4. The van der Waals surface area contributed by atoms with Gasteiger partial charge in [-0.25, -0.2) is 0 Å². The van der Waals surface area contributed by atoms with Crippen LogP contribution in [0, 0.1) is 12.3 Å². The van der Waals surface area contributed by atoms with Gasteiger partial charge in [0.25, 0.3) is 5.91 Å². The quantitative estimate of drug-likeness (QED) is 0.485. The van der Waals surface area contributed by atoms with Crippen molar-refractivity contribution in [3.05, 3.63) is 74.3 Å². The number of carbonyl (C=O) groups excluding carboxylic acids is 1. The van der Waals surface area contributed by atoms with Gasteiger partial charge >= 0.3 is 0 Å². The highest BCUT2D eigenvalue weighted by Gasteiger charge is 2.15. The zero-order valence-electron chi connectivity index (χ0n) is 13.8. The summed E-state index contributed by atoms with van der Waals surface area (Å²) in [7, 11) is 0. The lowest BCUT2D eigenvalue weighted by Gasteiger charge is -2.01. The van der Waals surface area contributed by atoms with Crippen LogP contribution in [0.4, 0.5) is 0 Å². The van der Waals surface area contributed by atoms with E-state index in [1.54, 1.807) is 34.9 Å². The first kappa shape index (κ1) is 17.3. The number of amides is 1. The lowest BCUT2D eigenvalue weighted by Crippen LogP contribution is -2.19. The number of halogens is 1. The Morgan fingerprint density at radius 3 is 2.89 bits per heavy atom. The third-order valence-electron chi connectivity index (χ3n) is 4.01. The number of aromatic nitrogens is 1. The second-order valence-electron chi connectivity index (χ2n) is 5.65. The number of terminal acetylenes is 1. The van der Waals surface area contributed by atoms with Gasteiger partial charge in [0.1, 0.15) is 17.4 Å². The van der Waals surface area contributed by atoms with Crippen LogP contribution in [-0.2, 0) is 6.54 Å². The van der Waals surface area contributed by atoms with Gasteiger partial charge in [-0.2, -0.15) is 4.99 Å². The molecule has 0 bridgehead atoms. The molecule has 132 valence electrons. The third-order valence-corrected chi connectivity index (χ3v) is 5.36. The molecule has 0 saturated heterocycles. The van der Waals surface area contributed by atoms with Crippen LogP contribution in [0.2, 0.25) is 5.02 Å². The predicted molar refractivity (Wildman–Crippen MR) is 106 cm³/mol. The summed E-state index contributed by atoms with van der Waals surface area (Å²) in [4.78, 5) is 29.8. The van der Waals surface area contributed by atoms with E-state index in [0.29, 0.717) is 26.3 Å². The van der Waals surface area contributed by atoms with Crippen molar-refractivity contribution < 1.29 is 9.21 Å². The summed E-state index contributed by atoms with van der Waals surface area (Å²) in [5.41, 5.74) is 0.562. The van der Waals surface area contributed by atoms with Crippen LogP contribution in [0.3, 0.4) is 0 Å². The average molecular weight is 395 g/mol. The predicted octanol–water partition coefficient (Wildman–Crippen LogP) is 3.84. The Labute approximate surface area is 162 Å². The van der Waals surface area contributed by atoms with Crippen molar-refractivity contribution in [1.82, 2.24) is 4.57 Å². The van der Waals surface area contributed by atoms with Crippen LogP contribution in [0.15, 0.2) is 62.9 Å². The van der Waals surface area contributed by atoms with E-state index in [9.17, 15) is 9.59 Å². The van der Waals surface area contributed by atoms with E-state index in [-0.39, 0.29) is 12.1 Å². The fourth-order valence-corrected chi connectivity index (χ4v) is 4.17. The molecule has 0 radical (unpaired) electrons. The molecule has 0 aliphatic heterocycles. The Balaban J connectivity index is 1.92. The summed E-state index contributed by atoms with van der Waals surface area (Å²) in [5.74, 6) is 1.85. The Hall–Kier alpha value is -3.14. The fourth-order valence-electron chi connectivity index (χ4n) is 2.78. The minimum absolute atomic E-state index is 0.135. The first-order valence-corrected chi connectivity index (χ1v) is 9.10. The van der Waals surface area contributed by atoms with E-state index >= 15 is 0 Å². The lowest BCUT2D eigenvalue weighted by atomic mass is 10.2. The molecule has 0 N–H and O–H groups in total. The van der Waals surface area contributed by atoms with Crippen LogP contribution in [0.5, 0.6) is 0 Å². The molecule has 2 aromatic carbocycles. The summed E-state index contributed by atoms with van der Waals surface area (Å²) in [6.07, 6.45) is 6.60. The van der Waals surface area contributed by atoms with Gasteiger partial charge in [-0.15, -0.1) is 6.42 Å². The maximum atomic E-state index is 12.7. The molecule has 27 heavy (non-hydrogen) atoms. The van der Waals surface area contributed by atoms with E-state index < -0.39 is 11.3 Å². The van der Waals surface area contributed by atoms with Crippen LogP contribution in [-0.4, -0.2) is 10.5 Å². The van der Waals surface area contributed by atoms with Crippen LogP contribution < -0.4 is 10.2 Å². The lowest BCUT2D eigenvalue weighted by molar-refractivity contribution is 0.0995. The number of para-hydroxylation sites is 2. The molecule has 5 nitrogen and oxygen atoms in total. The largest absolute Gasteiger partial charge is 0.463 e. The number of hydrogen-bond donors (Lipinski definition) is 0. The Morgan fingerprint density at radius 1 is 1.26 bits per heavy atom. The minimum atomic E-state index is -0.692. The zero-order chi connectivity index (χ0) is 19.0. The van der Waals surface area contributed by atoms with Crippen molar-refractivity contribution in [1.29, 1.82) is 0 Å². The summed E-state index contributed by atoms with van der Waals surface area (Å²) >= 11 is 7.55. The molecule has 0 atom stereocenters. The summed E-state index contributed by atoms with van der Waals surface area (Å²) in [5, 5.41) is 0.840. The molecule has 1 amide bonds. The molecule has 0 saturated carbocycles. The van der Waals surface area contributed by atoms with Crippen LogP contribution in [0.1, 0.15) is 10.4 Å². The average Bonchev–Trinajstić information content (AvgIpc) is 3.01. The maximum Gasteiger partial charge on any atom is 0.286 e. The first-order valence-electron chi connectivity index (χ1n) is 7.91. The number of thiazole rings is 1. The summed E-state index contributed by atoms with van der Waals surface area (Å²) < 4.78 is 7.93. The van der Waals surface area contributed by atoms with Crippen molar-refractivity contribution in [2.75, 3.05) is 0 Å². The van der Waals surface area contributed by atoms with Gasteiger partial charge in [0, 0.05) is 0 Å². The smallest absolute Gasteiger partial charge is 0.286 e. The van der Waals surface area contributed by atoms with Gasteiger partial charge in [-0.1, -0.05) is 47.1 Å². The van der Waals surface area contributed by atoms with Crippen molar-refractivity contribution in [3.8, 4) is 12.3 Å². The van der Waals surface area contributed by atoms with Gasteiger partial charge in [-0.05, 0) is 24.3 Å². The van der Waals surface area contributed by atoms with E-state index in [2.05, 4.69) is 10.9 Å². The molecule has 0 aliphatic rings. The highest BCUT2D eigenvalue weighted by molar-refractivity contribution is 7.16. The number of carbonyl (C=O) groups is 1. The SMILES string of the molecule is C#CCn1c(=NC(=O)c2coc3ccccc3c2=O)sc2cccc(Cl)c21. The van der Waals surface area contributed by atoms with Gasteiger partial charge in [0.2, 0.25) is 5.43 Å². The number of benzene rings is 2. The summed E-state index contributed by atoms with van der Waals surface area (Å²) in [6.45, 7) is 0.197. The van der Waals surface area contributed by atoms with Crippen molar-refractivity contribution in [2.45, 2.75) is 6.54 Å². The molecule has 0 aliphatic carbocycles. The number of fused-ring (bicyclic) bond motifs is 2. The van der Waals surface area contributed by atoms with Crippen LogP contribution in [0.25, 0.3) is 21.2 Å². The van der Waals surface area contributed by atoms with Gasteiger partial charge < -0.3 is 8.98 Å². The molecule has 0 spiro atoms. The van der Waals surface area contributed by atoms with Crippen molar-refractivity contribution >= 4 is 50.0 Å². The monoisotopic (exact) mass is 394 g/mol. The topological polar surface area (TPSA) is 64.6 Å². The van der Waals surface area contributed by atoms with E-state index in [0.717, 1.165) is 11.0 Å². The van der Waals surface area contributed by atoms with Crippen LogP contribution >= 0.6 is 22.9 Å². The highest BCUT2D eigenvalue weighted by Crippen LogP contribution is 2.25. The molecule has 4 aromatic rings. The van der Waals surface area contributed by atoms with E-state index in [4.69, 9.17) is 22.4 Å². The molecular formula is C20H11ClN2O3S. The molecule has 7 heteroatoms. The molecular weight excluding hydrogens is 384 g/mol. The van der Waals surface area contributed by atoms with E-state index in [1.165, 1.54) is 11.3 Å². The second kappa shape index (κ2) is 6.88. The summed E-state index contributed by atoms with van der Waals surface area (Å²) in [6, 6.07) is 12.2. The zero-order valence-corrected chi connectivity index (χ0v) is 15.4. The fraction of sp³-hybridized carbons (Fsp3) is 0.0500. The van der Waals surface area contributed by atoms with Gasteiger partial charge in [0.05, 0.1) is 27.2 Å². The maximum absolute atomic E-state index is 12.7. The molecule has 0 fully saturated rings. The molecule has 4 rings (SSSR count). The van der Waals surface area contributed by atoms with E-state index in [1.807, 2.05) is 12.1 Å². The first-order chi connectivity index (χ1) is 13.1. The Bertz CT molecular complexity index is 1370. The Morgan fingerprint density at radius 2 is 2.07 bits per heavy atom. The number of nitrogens with zero attached hydrogens (tertiary/aromatic N) is 2. The molecule has 0 unspecified atom stereocenters. The van der Waals surface area contributed by atoms with Crippen molar-refractivity contribution in [3.63, 3.8) is 0 Å². The second-order valence-corrected chi connectivity index (χ2v) is 7.07. The Kier molecular flexibility index (Phi) is 4.40.